The van der Waals surface area contributed by atoms with Crippen molar-refractivity contribution >= 4 is 17.6 Å². The van der Waals surface area contributed by atoms with Crippen molar-refractivity contribution in [3.05, 3.63) is 102 Å². The number of hydrogen-bond donors (Lipinski definition) is 1. The zero-order valence-electron chi connectivity index (χ0n) is 16.9. The van der Waals surface area contributed by atoms with E-state index in [1.165, 1.54) is 24.3 Å². The van der Waals surface area contributed by atoms with Gasteiger partial charge in [0.25, 0.3) is 5.91 Å². The Labute approximate surface area is 175 Å². The van der Waals surface area contributed by atoms with Crippen LogP contribution in [0.5, 0.6) is 0 Å². The molecule has 0 radical (unpaired) electrons. The first-order valence-corrected chi connectivity index (χ1v) is 9.82. The van der Waals surface area contributed by atoms with Crippen molar-refractivity contribution in [2.75, 3.05) is 5.32 Å². The summed E-state index contributed by atoms with van der Waals surface area (Å²) in [5.74, 6) is -2.24. The van der Waals surface area contributed by atoms with Crippen LogP contribution >= 0.6 is 0 Å². The maximum absolute atomic E-state index is 13.2. The molecule has 0 saturated heterocycles. The summed E-state index contributed by atoms with van der Waals surface area (Å²) in [4.78, 5) is 26.0. The molecule has 0 aliphatic rings. The molecule has 0 heterocycles. The van der Waals surface area contributed by atoms with Gasteiger partial charge in [-0.2, -0.15) is 0 Å². The molecule has 0 spiro atoms. The lowest BCUT2D eigenvalue weighted by molar-refractivity contribution is -0.157. The molecular formula is C25H24FNO3. The van der Waals surface area contributed by atoms with Gasteiger partial charge in [-0.25, -0.2) is 4.39 Å². The SMILES string of the molecule is CC(C)C(OC(=O)C(c1ccccc1)c1ccccc1)C(=O)Nc1ccc(F)cc1. The Bertz CT molecular complexity index is 933. The molecular weight excluding hydrogens is 381 g/mol. The fraction of sp³-hybridized carbons (Fsp3) is 0.200. The van der Waals surface area contributed by atoms with E-state index in [1.54, 1.807) is 0 Å². The second-order valence-electron chi connectivity index (χ2n) is 7.35. The van der Waals surface area contributed by atoms with Crippen LogP contribution in [0.15, 0.2) is 84.9 Å². The third-order valence-electron chi connectivity index (χ3n) is 4.72. The molecule has 3 aromatic carbocycles. The number of ether oxygens (including phenoxy) is 1. The number of rotatable bonds is 7. The number of benzene rings is 3. The quantitative estimate of drug-likeness (QED) is 0.552. The number of esters is 1. The van der Waals surface area contributed by atoms with Gasteiger partial charge in [0.05, 0.1) is 0 Å². The van der Waals surface area contributed by atoms with Crippen LogP contribution in [0.1, 0.15) is 30.9 Å². The highest BCUT2D eigenvalue weighted by Crippen LogP contribution is 2.27. The predicted molar refractivity (Wildman–Crippen MR) is 114 cm³/mol. The second kappa shape index (κ2) is 9.83. The van der Waals surface area contributed by atoms with Crippen LogP contribution in [0.4, 0.5) is 10.1 Å². The summed E-state index contributed by atoms with van der Waals surface area (Å²) in [6.07, 6.45) is -0.988. The number of carbonyl (C=O) groups excluding carboxylic acids is 2. The number of amides is 1. The Morgan fingerprint density at radius 1 is 0.800 bits per heavy atom. The van der Waals surface area contributed by atoms with Gasteiger partial charge in [0, 0.05) is 5.69 Å². The molecule has 1 atom stereocenters. The number of halogens is 1. The molecule has 1 amide bonds. The van der Waals surface area contributed by atoms with E-state index in [9.17, 15) is 14.0 Å². The van der Waals surface area contributed by atoms with Crippen molar-refractivity contribution in [2.45, 2.75) is 25.9 Å². The van der Waals surface area contributed by atoms with Gasteiger partial charge in [-0.1, -0.05) is 74.5 Å². The van der Waals surface area contributed by atoms with E-state index < -0.39 is 29.7 Å². The Morgan fingerprint density at radius 3 is 1.77 bits per heavy atom. The molecule has 0 saturated carbocycles. The third kappa shape index (κ3) is 5.32. The monoisotopic (exact) mass is 405 g/mol. The highest BCUT2D eigenvalue weighted by molar-refractivity contribution is 5.96. The van der Waals surface area contributed by atoms with Crippen molar-refractivity contribution in [1.82, 2.24) is 0 Å². The van der Waals surface area contributed by atoms with Crippen molar-refractivity contribution in [2.24, 2.45) is 5.92 Å². The standard InChI is InChI=1S/C25H24FNO3/c1-17(2)23(24(28)27-21-15-13-20(26)14-16-21)30-25(29)22(18-9-5-3-6-10-18)19-11-7-4-8-12-19/h3-17,22-23H,1-2H3,(H,27,28). The molecule has 0 aliphatic heterocycles. The zero-order valence-corrected chi connectivity index (χ0v) is 16.9. The van der Waals surface area contributed by atoms with Gasteiger partial charge in [0.15, 0.2) is 6.10 Å². The number of carbonyl (C=O) groups is 2. The van der Waals surface area contributed by atoms with Crippen molar-refractivity contribution in [3.8, 4) is 0 Å². The van der Waals surface area contributed by atoms with Crippen LogP contribution in [0.25, 0.3) is 0 Å². The van der Waals surface area contributed by atoms with E-state index in [-0.39, 0.29) is 5.92 Å². The maximum atomic E-state index is 13.2. The molecule has 0 bridgehead atoms. The summed E-state index contributed by atoms with van der Waals surface area (Å²) in [6, 6.07) is 24.1. The summed E-state index contributed by atoms with van der Waals surface area (Å²) in [6.45, 7) is 3.62. The number of hydrogen-bond acceptors (Lipinski definition) is 3. The van der Waals surface area contributed by atoms with Crippen molar-refractivity contribution in [1.29, 1.82) is 0 Å². The topological polar surface area (TPSA) is 55.4 Å². The van der Waals surface area contributed by atoms with E-state index in [0.717, 1.165) is 11.1 Å². The minimum absolute atomic E-state index is 0.249. The van der Waals surface area contributed by atoms with E-state index in [0.29, 0.717) is 5.69 Å². The van der Waals surface area contributed by atoms with Gasteiger partial charge in [0.2, 0.25) is 0 Å². The molecule has 1 unspecified atom stereocenters. The molecule has 3 rings (SSSR count). The average molecular weight is 405 g/mol. The van der Waals surface area contributed by atoms with E-state index in [4.69, 9.17) is 4.74 Å². The van der Waals surface area contributed by atoms with Crippen LogP contribution in [-0.2, 0) is 14.3 Å². The van der Waals surface area contributed by atoms with Gasteiger partial charge < -0.3 is 10.1 Å². The summed E-state index contributed by atoms with van der Waals surface area (Å²) in [7, 11) is 0. The lowest BCUT2D eigenvalue weighted by Crippen LogP contribution is -2.38. The van der Waals surface area contributed by atoms with Gasteiger partial charge >= 0.3 is 5.97 Å². The van der Waals surface area contributed by atoms with Gasteiger partial charge in [-0.15, -0.1) is 0 Å². The Kier molecular flexibility index (Phi) is 6.96. The van der Waals surface area contributed by atoms with E-state index >= 15 is 0 Å². The van der Waals surface area contributed by atoms with Crippen LogP contribution in [0.2, 0.25) is 0 Å². The molecule has 5 heteroatoms. The highest BCUT2D eigenvalue weighted by Gasteiger charge is 2.31. The second-order valence-corrected chi connectivity index (χ2v) is 7.35. The molecule has 4 nitrogen and oxygen atoms in total. The maximum Gasteiger partial charge on any atom is 0.318 e. The first-order valence-electron chi connectivity index (χ1n) is 9.82. The van der Waals surface area contributed by atoms with Crippen LogP contribution in [0.3, 0.4) is 0 Å². The minimum Gasteiger partial charge on any atom is -0.451 e. The molecule has 0 aliphatic carbocycles. The molecule has 1 N–H and O–H groups in total. The summed E-state index contributed by atoms with van der Waals surface area (Å²) >= 11 is 0. The lowest BCUT2D eigenvalue weighted by atomic mass is 9.91. The van der Waals surface area contributed by atoms with Crippen LogP contribution < -0.4 is 5.32 Å². The summed E-state index contributed by atoms with van der Waals surface area (Å²) in [5.41, 5.74) is 2.01. The molecule has 0 aromatic heterocycles. The van der Waals surface area contributed by atoms with E-state index in [1.807, 2.05) is 74.5 Å². The van der Waals surface area contributed by atoms with Gasteiger partial charge in [0.1, 0.15) is 11.7 Å². The smallest absolute Gasteiger partial charge is 0.318 e. The van der Waals surface area contributed by atoms with Gasteiger partial charge in [-0.3, -0.25) is 9.59 Å². The molecule has 30 heavy (non-hydrogen) atoms. The zero-order chi connectivity index (χ0) is 21.5. The first kappa shape index (κ1) is 21.2. The van der Waals surface area contributed by atoms with Gasteiger partial charge in [-0.05, 0) is 41.3 Å². The highest BCUT2D eigenvalue weighted by atomic mass is 19.1. The number of anilines is 1. The number of nitrogens with one attached hydrogen (secondary N) is 1. The summed E-state index contributed by atoms with van der Waals surface area (Å²) < 4.78 is 18.8. The summed E-state index contributed by atoms with van der Waals surface area (Å²) in [5, 5.41) is 2.69. The Morgan fingerprint density at radius 2 is 1.30 bits per heavy atom. The minimum atomic E-state index is -0.988. The first-order chi connectivity index (χ1) is 14.5. The molecule has 3 aromatic rings. The Balaban J connectivity index is 1.82. The lowest BCUT2D eigenvalue weighted by Gasteiger charge is -2.24. The third-order valence-corrected chi connectivity index (χ3v) is 4.72. The average Bonchev–Trinajstić information content (AvgIpc) is 2.75. The predicted octanol–water partition coefficient (Wildman–Crippen LogP) is 5.16. The fourth-order valence-electron chi connectivity index (χ4n) is 3.19. The molecule has 0 fully saturated rings. The largest absolute Gasteiger partial charge is 0.451 e. The van der Waals surface area contributed by atoms with Crippen molar-refractivity contribution in [3.63, 3.8) is 0 Å². The molecule has 154 valence electrons. The van der Waals surface area contributed by atoms with Crippen LogP contribution in [0, 0.1) is 11.7 Å². The van der Waals surface area contributed by atoms with E-state index in [2.05, 4.69) is 5.32 Å². The van der Waals surface area contributed by atoms with Crippen LogP contribution in [-0.4, -0.2) is 18.0 Å². The normalized spacial score (nSPS) is 11.9. The fourth-order valence-corrected chi connectivity index (χ4v) is 3.19. The van der Waals surface area contributed by atoms with Crippen molar-refractivity contribution < 1.29 is 18.7 Å². The Hall–Kier alpha value is -3.47.